The van der Waals surface area contributed by atoms with E-state index in [9.17, 15) is 19.2 Å². The predicted octanol–water partition coefficient (Wildman–Crippen LogP) is 5.70. The number of ether oxygens (including phenoxy) is 1. The Labute approximate surface area is 199 Å². The molecule has 0 aliphatic heterocycles. The highest BCUT2D eigenvalue weighted by molar-refractivity contribution is 6.31. The number of nitrogens with one attached hydrogen (secondary N) is 2. The second-order valence-electron chi connectivity index (χ2n) is 6.66. The van der Waals surface area contributed by atoms with Crippen LogP contribution in [0.5, 0.6) is 5.75 Å². The maximum absolute atomic E-state index is 13.0. The first-order chi connectivity index (χ1) is 15.8. The van der Waals surface area contributed by atoms with Crippen LogP contribution < -0.4 is 15.4 Å². The Morgan fingerprint density at radius 3 is 2.21 bits per heavy atom. The van der Waals surface area contributed by atoms with Gasteiger partial charge in [-0.3, -0.25) is 9.59 Å². The van der Waals surface area contributed by atoms with E-state index >= 15 is 0 Å². The van der Waals surface area contributed by atoms with Gasteiger partial charge < -0.3 is 15.4 Å². The van der Waals surface area contributed by atoms with Gasteiger partial charge in [0, 0.05) is 27.0 Å². The molecule has 0 heterocycles. The van der Waals surface area contributed by atoms with Gasteiger partial charge in [0.2, 0.25) is 0 Å². The van der Waals surface area contributed by atoms with Crippen LogP contribution in [-0.4, -0.2) is 18.4 Å². The molecule has 0 radical (unpaired) electrons. The van der Waals surface area contributed by atoms with Crippen LogP contribution in [0, 0.1) is 17.1 Å². The lowest BCUT2D eigenvalue weighted by Gasteiger charge is -2.11. The van der Waals surface area contributed by atoms with E-state index in [4.69, 9.17) is 27.9 Å². The molecule has 0 unspecified atom stereocenters. The molecule has 9 heteroatoms. The molecule has 33 heavy (non-hydrogen) atoms. The fourth-order valence-corrected chi connectivity index (χ4v) is 2.98. The molecular formula is C24H16Cl2FN3O3. The number of nitriles is 1. The first-order valence-corrected chi connectivity index (χ1v) is 10.3. The van der Waals surface area contributed by atoms with Crippen molar-refractivity contribution in [2.75, 3.05) is 17.2 Å². The van der Waals surface area contributed by atoms with E-state index < -0.39 is 17.6 Å². The molecule has 3 rings (SSSR count). The van der Waals surface area contributed by atoms with Gasteiger partial charge in [-0.1, -0.05) is 23.2 Å². The van der Waals surface area contributed by atoms with Crippen LogP contribution >= 0.6 is 23.2 Å². The summed E-state index contributed by atoms with van der Waals surface area (Å²) in [6.07, 6.45) is 1.31. The number of halogens is 3. The van der Waals surface area contributed by atoms with Gasteiger partial charge in [0.1, 0.15) is 23.2 Å². The Balaban J connectivity index is 1.73. The van der Waals surface area contributed by atoms with E-state index in [2.05, 4.69) is 10.6 Å². The van der Waals surface area contributed by atoms with E-state index in [1.807, 2.05) is 6.07 Å². The van der Waals surface area contributed by atoms with Crippen molar-refractivity contribution < 1.29 is 18.7 Å². The number of carbonyl (C=O) groups excluding carboxylic acids is 2. The smallest absolute Gasteiger partial charge is 0.266 e. The van der Waals surface area contributed by atoms with Gasteiger partial charge in [0.25, 0.3) is 11.8 Å². The van der Waals surface area contributed by atoms with Gasteiger partial charge in [-0.15, -0.1) is 0 Å². The Morgan fingerprint density at radius 1 is 0.939 bits per heavy atom. The molecule has 0 bridgehead atoms. The standard InChI is InChI=1S/C24H16Cl2FN3O3/c25-17-1-6-21(7-2-17)30-24(32)16(13-28)11-15-12-18(26)3-10-22(15)33-14-23(31)29-20-8-4-19(27)5-9-20/h1-12H,14H2,(H,29,31)(H,30,32). The van der Waals surface area contributed by atoms with Crippen molar-refractivity contribution in [1.29, 1.82) is 5.26 Å². The van der Waals surface area contributed by atoms with E-state index in [1.54, 1.807) is 30.3 Å². The molecule has 0 saturated heterocycles. The zero-order valence-corrected chi connectivity index (χ0v) is 18.5. The van der Waals surface area contributed by atoms with Crippen LogP contribution in [-0.2, 0) is 9.59 Å². The van der Waals surface area contributed by atoms with Crippen LogP contribution in [0.4, 0.5) is 15.8 Å². The zero-order chi connectivity index (χ0) is 23.8. The van der Waals surface area contributed by atoms with Crippen LogP contribution in [0.3, 0.4) is 0 Å². The average molecular weight is 484 g/mol. The topological polar surface area (TPSA) is 91.2 Å². The van der Waals surface area contributed by atoms with Crippen LogP contribution in [0.2, 0.25) is 10.0 Å². The van der Waals surface area contributed by atoms with Gasteiger partial charge in [0.15, 0.2) is 6.61 Å². The van der Waals surface area contributed by atoms with Gasteiger partial charge >= 0.3 is 0 Å². The molecule has 2 amide bonds. The lowest BCUT2D eigenvalue weighted by atomic mass is 10.1. The van der Waals surface area contributed by atoms with Crippen molar-refractivity contribution in [2.24, 2.45) is 0 Å². The van der Waals surface area contributed by atoms with Crippen molar-refractivity contribution >= 4 is 52.5 Å². The maximum Gasteiger partial charge on any atom is 0.266 e. The Hall–Kier alpha value is -3.86. The molecule has 0 spiro atoms. The molecule has 0 aromatic heterocycles. The van der Waals surface area contributed by atoms with E-state index in [0.717, 1.165) is 0 Å². The number of nitrogens with zero attached hydrogens (tertiary/aromatic N) is 1. The summed E-state index contributed by atoms with van der Waals surface area (Å²) in [5.74, 6) is -1.30. The predicted molar refractivity (Wildman–Crippen MR) is 126 cm³/mol. The lowest BCUT2D eigenvalue weighted by molar-refractivity contribution is -0.118. The number of hydrogen-bond donors (Lipinski definition) is 2. The Morgan fingerprint density at radius 2 is 1.55 bits per heavy atom. The van der Waals surface area contributed by atoms with Crippen LogP contribution in [0.15, 0.2) is 72.3 Å². The molecule has 3 aromatic rings. The summed E-state index contributed by atoms with van der Waals surface area (Å²) in [5.41, 5.74) is 1.00. The van der Waals surface area contributed by atoms with E-state index in [1.165, 1.54) is 42.5 Å². The third kappa shape index (κ3) is 7.07. The monoisotopic (exact) mass is 483 g/mol. The molecule has 166 valence electrons. The van der Waals surface area contributed by atoms with Crippen molar-refractivity contribution in [1.82, 2.24) is 0 Å². The SMILES string of the molecule is N#CC(=Cc1cc(Cl)ccc1OCC(=O)Nc1ccc(F)cc1)C(=O)Nc1ccc(Cl)cc1. The van der Waals surface area contributed by atoms with Gasteiger partial charge in [0.05, 0.1) is 0 Å². The molecule has 0 aliphatic rings. The lowest BCUT2D eigenvalue weighted by Crippen LogP contribution is -2.20. The Bertz CT molecular complexity index is 1240. The minimum Gasteiger partial charge on any atom is -0.483 e. The van der Waals surface area contributed by atoms with Crippen LogP contribution in [0.1, 0.15) is 5.56 Å². The Kier molecular flexibility index (Phi) is 8.03. The van der Waals surface area contributed by atoms with Crippen molar-refractivity contribution in [3.05, 3.63) is 93.7 Å². The van der Waals surface area contributed by atoms with E-state index in [0.29, 0.717) is 27.0 Å². The van der Waals surface area contributed by atoms with Crippen LogP contribution in [0.25, 0.3) is 6.08 Å². The highest BCUT2D eigenvalue weighted by atomic mass is 35.5. The first kappa shape index (κ1) is 23.8. The average Bonchev–Trinajstić information content (AvgIpc) is 2.79. The van der Waals surface area contributed by atoms with E-state index in [-0.39, 0.29) is 17.9 Å². The van der Waals surface area contributed by atoms with Gasteiger partial charge in [-0.2, -0.15) is 5.26 Å². The summed E-state index contributed by atoms with van der Waals surface area (Å²) < 4.78 is 18.5. The number of amides is 2. The third-order valence-electron chi connectivity index (χ3n) is 4.23. The fourth-order valence-electron chi connectivity index (χ4n) is 2.67. The minimum absolute atomic E-state index is 0.201. The van der Waals surface area contributed by atoms with Crippen molar-refractivity contribution in [3.63, 3.8) is 0 Å². The molecule has 3 aromatic carbocycles. The minimum atomic E-state index is -0.639. The first-order valence-electron chi connectivity index (χ1n) is 9.50. The summed E-state index contributed by atoms with van der Waals surface area (Å²) in [4.78, 5) is 24.7. The molecule has 6 nitrogen and oxygen atoms in total. The summed E-state index contributed by atoms with van der Waals surface area (Å²) >= 11 is 11.9. The molecule has 0 aliphatic carbocycles. The summed E-state index contributed by atoms with van der Waals surface area (Å²) in [6.45, 7) is -0.362. The molecule has 0 fully saturated rings. The normalized spacial score (nSPS) is 10.8. The fraction of sp³-hybridized carbons (Fsp3) is 0.0417. The quantitative estimate of drug-likeness (QED) is 0.333. The highest BCUT2D eigenvalue weighted by Gasteiger charge is 2.13. The molecular weight excluding hydrogens is 468 g/mol. The van der Waals surface area contributed by atoms with Gasteiger partial charge in [-0.25, -0.2) is 4.39 Å². The molecule has 2 N–H and O–H groups in total. The summed E-state index contributed by atoms with van der Waals surface area (Å²) in [6, 6.07) is 18.1. The number of hydrogen-bond acceptors (Lipinski definition) is 4. The molecule has 0 saturated carbocycles. The zero-order valence-electron chi connectivity index (χ0n) is 16.9. The van der Waals surface area contributed by atoms with Crippen molar-refractivity contribution in [2.45, 2.75) is 0 Å². The second kappa shape index (κ2) is 11.1. The highest BCUT2D eigenvalue weighted by Crippen LogP contribution is 2.26. The number of anilines is 2. The summed E-state index contributed by atoms with van der Waals surface area (Å²) in [5, 5.41) is 15.5. The largest absolute Gasteiger partial charge is 0.483 e. The molecule has 0 atom stereocenters. The third-order valence-corrected chi connectivity index (χ3v) is 4.71. The number of carbonyl (C=O) groups is 2. The summed E-state index contributed by atoms with van der Waals surface area (Å²) in [7, 11) is 0. The maximum atomic E-state index is 13.0. The number of rotatable bonds is 7. The second-order valence-corrected chi connectivity index (χ2v) is 7.53. The number of benzene rings is 3. The van der Waals surface area contributed by atoms with Crippen molar-refractivity contribution in [3.8, 4) is 11.8 Å². The van der Waals surface area contributed by atoms with Gasteiger partial charge in [-0.05, 0) is 72.8 Å².